The van der Waals surface area contributed by atoms with E-state index in [9.17, 15) is 4.79 Å². The SMILES string of the molecule is Cc1cc(C(=O)N2CCSC3(CCCCC3)C2)no1. The van der Waals surface area contributed by atoms with Crippen molar-refractivity contribution in [3.63, 3.8) is 0 Å². The molecule has 5 heteroatoms. The molecular weight excluding hydrogens is 260 g/mol. The zero-order chi connectivity index (χ0) is 13.3. The lowest BCUT2D eigenvalue weighted by molar-refractivity contribution is 0.0719. The largest absolute Gasteiger partial charge is 0.361 e. The number of hydrogen-bond donors (Lipinski definition) is 0. The number of rotatable bonds is 1. The van der Waals surface area contributed by atoms with Gasteiger partial charge in [0.15, 0.2) is 5.69 Å². The Bertz CT molecular complexity index is 460. The quantitative estimate of drug-likeness (QED) is 0.793. The summed E-state index contributed by atoms with van der Waals surface area (Å²) in [5, 5.41) is 3.85. The van der Waals surface area contributed by atoms with Crippen LogP contribution in [0.15, 0.2) is 10.6 Å². The van der Waals surface area contributed by atoms with Crippen molar-refractivity contribution < 1.29 is 9.32 Å². The Balaban J connectivity index is 1.72. The van der Waals surface area contributed by atoms with Gasteiger partial charge in [0.25, 0.3) is 5.91 Å². The molecule has 1 aliphatic heterocycles. The predicted octanol–water partition coefficient (Wildman–Crippen LogP) is 2.87. The maximum atomic E-state index is 12.4. The molecule has 2 aliphatic rings. The van der Waals surface area contributed by atoms with Crippen molar-refractivity contribution in [1.29, 1.82) is 0 Å². The maximum absolute atomic E-state index is 12.4. The van der Waals surface area contributed by atoms with Crippen LogP contribution < -0.4 is 0 Å². The molecule has 1 aromatic rings. The van der Waals surface area contributed by atoms with Gasteiger partial charge < -0.3 is 9.42 Å². The molecule has 3 rings (SSSR count). The Morgan fingerprint density at radius 2 is 2.21 bits per heavy atom. The van der Waals surface area contributed by atoms with Crippen molar-refractivity contribution in [1.82, 2.24) is 10.1 Å². The number of aryl methyl sites for hydroxylation is 1. The molecule has 1 aromatic heterocycles. The molecule has 0 unspecified atom stereocenters. The highest BCUT2D eigenvalue weighted by molar-refractivity contribution is 8.00. The van der Waals surface area contributed by atoms with Crippen LogP contribution in [0.5, 0.6) is 0 Å². The van der Waals surface area contributed by atoms with E-state index in [1.165, 1.54) is 32.1 Å². The summed E-state index contributed by atoms with van der Waals surface area (Å²) in [6.07, 6.45) is 6.45. The average molecular weight is 280 g/mol. The molecule has 1 saturated heterocycles. The monoisotopic (exact) mass is 280 g/mol. The van der Waals surface area contributed by atoms with Crippen LogP contribution in [0.25, 0.3) is 0 Å². The van der Waals surface area contributed by atoms with E-state index in [0.29, 0.717) is 16.2 Å². The van der Waals surface area contributed by atoms with E-state index in [1.807, 2.05) is 11.8 Å². The molecule has 1 spiro atoms. The summed E-state index contributed by atoms with van der Waals surface area (Å²) in [6.45, 7) is 3.53. The lowest BCUT2D eigenvalue weighted by Gasteiger charge is -2.44. The minimum atomic E-state index is 0.0297. The van der Waals surface area contributed by atoms with Crippen LogP contribution >= 0.6 is 11.8 Å². The first kappa shape index (κ1) is 13.0. The van der Waals surface area contributed by atoms with E-state index in [0.717, 1.165) is 18.8 Å². The Hall–Kier alpha value is -0.970. The van der Waals surface area contributed by atoms with Crippen LogP contribution in [-0.2, 0) is 0 Å². The van der Waals surface area contributed by atoms with E-state index in [4.69, 9.17) is 4.52 Å². The molecule has 1 saturated carbocycles. The number of aromatic nitrogens is 1. The van der Waals surface area contributed by atoms with Gasteiger partial charge in [0.05, 0.1) is 0 Å². The van der Waals surface area contributed by atoms with E-state index in [-0.39, 0.29) is 5.91 Å². The molecule has 104 valence electrons. The first-order chi connectivity index (χ1) is 9.19. The van der Waals surface area contributed by atoms with Crippen LogP contribution in [0.4, 0.5) is 0 Å². The van der Waals surface area contributed by atoms with E-state index in [2.05, 4.69) is 16.9 Å². The molecule has 2 fully saturated rings. The summed E-state index contributed by atoms with van der Waals surface area (Å²) >= 11 is 2.07. The smallest absolute Gasteiger partial charge is 0.276 e. The molecule has 0 N–H and O–H groups in total. The van der Waals surface area contributed by atoms with Crippen LogP contribution in [0.2, 0.25) is 0 Å². The first-order valence-corrected chi connectivity index (χ1v) is 8.04. The van der Waals surface area contributed by atoms with Crippen LogP contribution in [0.3, 0.4) is 0 Å². The summed E-state index contributed by atoms with van der Waals surface area (Å²) in [5.41, 5.74) is 0.454. The highest BCUT2D eigenvalue weighted by Gasteiger charge is 2.39. The summed E-state index contributed by atoms with van der Waals surface area (Å²) in [4.78, 5) is 14.4. The number of carbonyl (C=O) groups excluding carboxylic acids is 1. The summed E-state index contributed by atoms with van der Waals surface area (Å²) in [6, 6.07) is 1.73. The van der Waals surface area contributed by atoms with E-state index < -0.39 is 0 Å². The molecule has 0 aromatic carbocycles. The highest BCUT2D eigenvalue weighted by Crippen LogP contribution is 2.42. The molecule has 19 heavy (non-hydrogen) atoms. The topological polar surface area (TPSA) is 46.3 Å². The number of hydrogen-bond acceptors (Lipinski definition) is 4. The molecule has 2 heterocycles. The van der Waals surface area contributed by atoms with E-state index in [1.54, 1.807) is 6.07 Å². The van der Waals surface area contributed by atoms with Crippen LogP contribution in [0, 0.1) is 6.92 Å². The third-order valence-electron chi connectivity index (χ3n) is 4.15. The number of amides is 1. The number of nitrogens with zero attached hydrogens (tertiary/aromatic N) is 2. The fourth-order valence-corrected chi connectivity index (χ4v) is 4.72. The minimum absolute atomic E-state index is 0.0297. The molecule has 4 nitrogen and oxygen atoms in total. The van der Waals surface area contributed by atoms with Crippen LogP contribution in [-0.4, -0.2) is 39.6 Å². The minimum Gasteiger partial charge on any atom is -0.361 e. The van der Waals surface area contributed by atoms with Crippen molar-refractivity contribution in [2.75, 3.05) is 18.8 Å². The van der Waals surface area contributed by atoms with Gasteiger partial charge in [-0.15, -0.1) is 0 Å². The average Bonchev–Trinajstić information content (AvgIpc) is 2.85. The molecular formula is C14H20N2O2S. The standard InChI is InChI=1S/C14H20N2O2S/c1-11-9-12(15-18-11)13(17)16-7-8-19-14(10-16)5-3-2-4-6-14/h9H,2-8,10H2,1H3. The normalized spacial score (nSPS) is 22.7. The van der Waals surface area contributed by atoms with Gasteiger partial charge in [0.1, 0.15) is 5.76 Å². The Morgan fingerprint density at radius 3 is 2.89 bits per heavy atom. The number of carbonyl (C=O) groups is 1. The predicted molar refractivity (Wildman–Crippen MR) is 75.4 cm³/mol. The summed E-state index contributed by atoms with van der Waals surface area (Å²) < 4.78 is 5.32. The maximum Gasteiger partial charge on any atom is 0.276 e. The van der Waals surface area contributed by atoms with Crippen LogP contribution in [0.1, 0.15) is 48.4 Å². The van der Waals surface area contributed by atoms with Gasteiger partial charge in [-0.2, -0.15) is 11.8 Å². The lowest BCUT2D eigenvalue weighted by atomic mass is 9.87. The molecule has 0 radical (unpaired) electrons. The van der Waals surface area contributed by atoms with Crippen molar-refractivity contribution in [2.24, 2.45) is 0 Å². The Labute approximate surface area is 117 Å². The Kier molecular flexibility index (Phi) is 3.56. The van der Waals surface area contributed by atoms with Crippen molar-refractivity contribution in [2.45, 2.75) is 43.8 Å². The highest BCUT2D eigenvalue weighted by atomic mass is 32.2. The van der Waals surface area contributed by atoms with Crippen molar-refractivity contribution in [3.8, 4) is 0 Å². The van der Waals surface area contributed by atoms with Gasteiger partial charge in [0, 0.05) is 29.7 Å². The Morgan fingerprint density at radius 1 is 1.42 bits per heavy atom. The summed E-state index contributed by atoms with van der Waals surface area (Å²) in [7, 11) is 0. The third-order valence-corrected chi connectivity index (χ3v) is 5.68. The fraction of sp³-hybridized carbons (Fsp3) is 0.714. The summed E-state index contributed by atoms with van der Waals surface area (Å²) in [5.74, 6) is 1.77. The van der Waals surface area contributed by atoms with Gasteiger partial charge in [-0.3, -0.25) is 4.79 Å². The van der Waals surface area contributed by atoms with Gasteiger partial charge in [-0.05, 0) is 19.8 Å². The van der Waals surface area contributed by atoms with Gasteiger partial charge >= 0.3 is 0 Å². The first-order valence-electron chi connectivity index (χ1n) is 7.05. The lowest BCUT2D eigenvalue weighted by Crippen LogP contribution is -2.50. The van der Waals surface area contributed by atoms with Gasteiger partial charge in [0.2, 0.25) is 0 Å². The van der Waals surface area contributed by atoms with Crippen molar-refractivity contribution >= 4 is 17.7 Å². The second-order valence-corrected chi connectivity index (χ2v) is 7.20. The fourth-order valence-electron chi connectivity index (χ4n) is 3.15. The third kappa shape index (κ3) is 2.66. The molecule has 1 aliphatic carbocycles. The second kappa shape index (κ2) is 5.19. The zero-order valence-corrected chi connectivity index (χ0v) is 12.2. The second-order valence-electron chi connectivity index (χ2n) is 5.64. The van der Waals surface area contributed by atoms with Gasteiger partial charge in [-0.25, -0.2) is 0 Å². The number of thioether (sulfide) groups is 1. The molecule has 0 atom stereocenters. The van der Waals surface area contributed by atoms with Gasteiger partial charge in [-0.1, -0.05) is 24.4 Å². The van der Waals surface area contributed by atoms with E-state index >= 15 is 0 Å². The molecule has 0 bridgehead atoms. The zero-order valence-electron chi connectivity index (χ0n) is 11.4. The van der Waals surface area contributed by atoms with Crippen molar-refractivity contribution in [3.05, 3.63) is 17.5 Å². The molecule has 1 amide bonds.